The van der Waals surface area contributed by atoms with Crippen LogP contribution in [0.1, 0.15) is 11.1 Å². The van der Waals surface area contributed by atoms with Crippen LogP contribution in [0.25, 0.3) is 0 Å². The van der Waals surface area contributed by atoms with Gasteiger partial charge in [0.2, 0.25) is 0 Å². The van der Waals surface area contributed by atoms with Crippen LogP contribution in [0.5, 0.6) is 0 Å². The SMILES string of the molecule is CNC(=S)N/N=C/c1ccc(F)cc1C. The normalized spacial score (nSPS) is 10.3. The highest BCUT2D eigenvalue weighted by Crippen LogP contribution is 2.07. The highest BCUT2D eigenvalue weighted by Gasteiger charge is 1.96. The highest BCUT2D eigenvalue weighted by molar-refractivity contribution is 7.80. The predicted molar refractivity (Wildman–Crippen MR) is 63.5 cm³/mol. The first-order chi connectivity index (χ1) is 7.13. The first kappa shape index (κ1) is 11.6. The molecule has 1 rings (SSSR count). The number of halogens is 1. The van der Waals surface area contributed by atoms with Gasteiger partial charge in [-0.2, -0.15) is 5.10 Å². The first-order valence-electron chi connectivity index (χ1n) is 4.40. The summed E-state index contributed by atoms with van der Waals surface area (Å²) in [7, 11) is 1.70. The Labute approximate surface area is 93.4 Å². The molecular weight excluding hydrogens is 213 g/mol. The van der Waals surface area contributed by atoms with Crippen LogP contribution < -0.4 is 10.7 Å². The van der Waals surface area contributed by atoms with Crippen molar-refractivity contribution in [2.75, 3.05) is 7.05 Å². The second-order valence-electron chi connectivity index (χ2n) is 2.95. The van der Waals surface area contributed by atoms with Crippen molar-refractivity contribution in [1.82, 2.24) is 10.7 Å². The standard InChI is InChI=1S/C10H12FN3S/c1-7-5-9(11)4-3-8(7)6-13-14-10(15)12-2/h3-6H,1-2H3,(H2,12,14,15)/b13-6+. The number of hydrogen-bond donors (Lipinski definition) is 2. The monoisotopic (exact) mass is 225 g/mol. The summed E-state index contributed by atoms with van der Waals surface area (Å²) in [6.07, 6.45) is 1.60. The van der Waals surface area contributed by atoms with Crippen molar-refractivity contribution in [3.63, 3.8) is 0 Å². The lowest BCUT2D eigenvalue weighted by Crippen LogP contribution is -2.28. The second-order valence-corrected chi connectivity index (χ2v) is 3.36. The molecule has 0 aliphatic rings. The fourth-order valence-electron chi connectivity index (χ4n) is 1.00. The molecule has 0 aliphatic carbocycles. The third-order valence-corrected chi connectivity index (χ3v) is 2.12. The lowest BCUT2D eigenvalue weighted by Gasteiger charge is -2.01. The van der Waals surface area contributed by atoms with Crippen LogP contribution in [0.2, 0.25) is 0 Å². The van der Waals surface area contributed by atoms with Gasteiger partial charge < -0.3 is 5.32 Å². The van der Waals surface area contributed by atoms with Gasteiger partial charge in [0, 0.05) is 7.05 Å². The van der Waals surface area contributed by atoms with Crippen molar-refractivity contribution in [3.05, 3.63) is 35.1 Å². The number of benzene rings is 1. The number of rotatable bonds is 2. The van der Waals surface area contributed by atoms with Gasteiger partial charge in [0.05, 0.1) is 6.21 Å². The van der Waals surface area contributed by atoms with E-state index >= 15 is 0 Å². The summed E-state index contributed by atoms with van der Waals surface area (Å²) in [6.45, 7) is 1.82. The van der Waals surface area contributed by atoms with Crippen LogP contribution in [-0.2, 0) is 0 Å². The van der Waals surface area contributed by atoms with Gasteiger partial charge in [0.1, 0.15) is 5.82 Å². The lowest BCUT2D eigenvalue weighted by atomic mass is 10.1. The molecule has 0 saturated heterocycles. The van der Waals surface area contributed by atoms with Crippen molar-refractivity contribution < 1.29 is 4.39 Å². The van der Waals surface area contributed by atoms with E-state index in [0.29, 0.717) is 5.11 Å². The molecule has 80 valence electrons. The first-order valence-corrected chi connectivity index (χ1v) is 4.81. The predicted octanol–water partition coefficient (Wildman–Crippen LogP) is 1.56. The van der Waals surface area contributed by atoms with E-state index < -0.39 is 0 Å². The largest absolute Gasteiger partial charge is 0.364 e. The molecule has 0 unspecified atom stereocenters. The van der Waals surface area contributed by atoms with E-state index in [0.717, 1.165) is 11.1 Å². The van der Waals surface area contributed by atoms with Gasteiger partial charge in [-0.3, -0.25) is 5.43 Å². The summed E-state index contributed by atoms with van der Waals surface area (Å²) in [5.74, 6) is -0.247. The lowest BCUT2D eigenvalue weighted by molar-refractivity contribution is 0.626. The topological polar surface area (TPSA) is 36.4 Å². The van der Waals surface area contributed by atoms with Crippen LogP contribution in [0.15, 0.2) is 23.3 Å². The van der Waals surface area contributed by atoms with Crippen LogP contribution in [0, 0.1) is 12.7 Å². The van der Waals surface area contributed by atoms with Gasteiger partial charge in [-0.1, -0.05) is 6.07 Å². The fraction of sp³-hybridized carbons (Fsp3) is 0.200. The molecule has 5 heteroatoms. The number of aryl methyl sites for hydroxylation is 1. The Morgan fingerprint density at radius 3 is 2.87 bits per heavy atom. The van der Waals surface area contributed by atoms with Crippen molar-refractivity contribution in [3.8, 4) is 0 Å². The third-order valence-electron chi connectivity index (χ3n) is 1.83. The van der Waals surface area contributed by atoms with E-state index in [-0.39, 0.29) is 5.82 Å². The Hall–Kier alpha value is -1.49. The van der Waals surface area contributed by atoms with E-state index in [2.05, 4.69) is 15.8 Å². The highest BCUT2D eigenvalue weighted by atomic mass is 32.1. The van der Waals surface area contributed by atoms with Crippen molar-refractivity contribution in [2.45, 2.75) is 6.92 Å². The van der Waals surface area contributed by atoms with Crippen molar-refractivity contribution >= 4 is 23.5 Å². The summed E-state index contributed by atoms with van der Waals surface area (Å²) in [5.41, 5.74) is 4.30. The maximum absolute atomic E-state index is 12.8. The number of hydrogen-bond acceptors (Lipinski definition) is 2. The smallest absolute Gasteiger partial charge is 0.186 e. The molecule has 0 fully saturated rings. The zero-order chi connectivity index (χ0) is 11.3. The summed E-state index contributed by atoms with van der Waals surface area (Å²) >= 11 is 4.83. The summed E-state index contributed by atoms with van der Waals surface area (Å²) < 4.78 is 12.8. The fourth-order valence-corrected chi connectivity index (χ4v) is 1.05. The Balaban J connectivity index is 2.68. The molecule has 0 aromatic heterocycles. The number of hydrazone groups is 1. The van der Waals surface area contributed by atoms with E-state index in [1.807, 2.05) is 6.92 Å². The molecule has 0 spiro atoms. The molecular formula is C10H12FN3S. The van der Waals surface area contributed by atoms with Crippen LogP contribution >= 0.6 is 12.2 Å². The Bertz CT molecular complexity index is 390. The molecule has 0 heterocycles. The van der Waals surface area contributed by atoms with E-state index in [1.54, 1.807) is 19.3 Å². The van der Waals surface area contributed by atoms with Gasteiger partial charge >= 0.3 is 0 Å². The van der Waals surface area contributed by atoms with Gasteiger partial charge in [-0.15, -0.1) is 0 Å². The molecule has 0 saturated carbocycles. The second kappa shape index (κ2) is 5.41. The molecule has 0 atom stereocenters. The van der Waals surface area contributed by atoms with E-state index in [1.165, 1.54) is 12.1 Å². The zero-order valence-corrected chi connectivity index (χ0v) is 9.36. The van der Waals surface area contributed by atoms with Gasteiger partial charge in [-0.05, 0) is 42.4 Å². The number of nitrogens with zero attached hydrogens (tertiary/aromatic N) is 1. The third kappa shape index (κ3) is 3.63. The minimum absolute atomic E-state index is 0.247. The molecule has 0 aliphatic heterocycles. The Kier molecular flexibility index (Phi) is 4.17. The molecule has 1 aromatic carbocycles. The maximum atomic E-state index is 12.8. The zero-order valence-electron chi connectivity index (χ0n) is 8.54. The quantitative estimate of drug-likeness (QED) is 0.455. The molecule has 15 heavy (non-hydrogen) atoms. The summed E-state index contributed by atoms with van der Waals surface area (Å²) in [5, 5.41) is 7.06. The van der Waals surface area contributed by atoms with Gasteiger partial charge in [0.15, 0.2) is 5.11 Å². The number of nitrogens with one attached hydrogen (secondary N) is 2. The Morgan fingerprint density at radius 2 is 2.27 bits per heavy atom. The van der Waals surface area contributed by atoms with Crippen molar-refractivity contribution in [1.29, 1.82) is 0 Å². The molecule has 1 aromatic rings. The average molecular weight is 225 g/mol. The molecule has 3 nitrogen and oxygen atoms in total. The molecule has 0 radical (unpaired) electrons. The molecule has 2 N–H and O–H groups in total. The van der Waals surface area contributed by atoms with Crippen LogP contribution in [0.3, 0.4) is 0 Å². The molecule has 0 amide bonds. The van der Waals surface area contributed by atoms with Crippen LogP contribution in [0.4, 0.5) is 4.39 Å². The van der Waals surface area contributed by atoms with Crippen LogP contribution in [-0.4, -0.2) is 18.4 Å². The maximum Gasteiger partial charge on any atom is 0.186 e. The Morgan fingerprint density at radius 1 is 1.53 bits per heavy atom. The average Bonchev–Trinajstić information content (AvgIpc) is 2.21. The van der Waals surface area contributed by atoms with E-state index in [9.17, 15) is 4.39 Å². The number of thiocarbonyl (C=S) groups is 1. The summed E-state index contributed by atoms with van der Waals surface area (Å²) in [4.78, 5) is 0. The van der Waals surface area contributed by atoms with Gasteiger partial charge in [0.25, 0.3) is 0 Å². The minimum atomic E-state index is -0.247. The molecule has 0 bridgehead atoms. The van der Waals surface area contributed by atoms with E-state index in [4.69, 9.17) is 12.2 Å². The van der Waals surface area contributed by atoms with Crippen molar-refractivity contribution in [2.24, 2.45) is 5.10 Å². The minimum Gasteiger partial charge on any atom is -0.364 e. The summed E-state index contributed by atoms with van der Waals surface area (Å²) in [6, 6.07) is 4.51. The van der Waals surface area contributed by atoms with Gasteiger partial charge in [-0.25, -0.2) is 4.39 Å².